The average molecular weight is 245 g/mol. The molecule has 0 spiro atoms. The fraction of sp³-hybridized carbons (Fsp3) is 0.500. The van der Waals surface area contributed by atoms with Crippen LogP contribution in [0.1, 0.15) is 20.3 Å². The van der Waals surface area contributed by atoms with E-state index in [1.54, 1.807) is 0 Å². The summed E-state index contributed by atoms with van der Waals surface area (Å²) in [5, 5.41) is 9.83. The van der Waals surface area contributed by atoms with Crippen molar-refractivity contribution >= 4 is 11.6 Å². The molecule has 0 heterocycles. The summed E-state index contributed by atoms with van der Waals surface area (Å²) < 4.78 is 18.5. The standard InChI is InChI=1S/C12H14ClFO2/c1-12(2)10(15)6-11(12)16-9-4-3-7(14)5-8(9)13/h3-5,10-11,15H,6H2,1-2H3. The number of hydrogen-bond acceptors (Lipinski definition) is 2. The summed E-state index contributed by atoms with van der Waals surface area (Å²) >= 11 is 5.86. The predicted molar refractivity (Wildman–Crippen MR) is 60.2 cm³/mol. The Kier molecular flexibility index (Phi) is 2.84. The first-order valence-corrected chi connectivity index (χ1v) is 5.59. The number of aliphatic hydroxyl groups excluding tert-OH is 1. The van der Waals surface area contributed by atoms with Crippen molar-refractivity contribution < 1.29 is 14.2 Å². The zero-order chi connectivity index (χ0) is 11.9. The minimum absolute atomic E-state index is 0.0783. The molecule has 0 saturated heterocycles. The second-order valence-corrected chi connectivity index (χ2v) is 5.16. The Balaban J connectivity index is 2.11. The van der Waals surface area contributed by atoms with E-state index >= 15 is 0 Å². The lowest BCUT2D eigenvalue weighted by molar-refractivity contribution is -0.134. The molecule has 0 radical (unpaired) electrons. The van der Waals surface area contributed by atoms with Gasteiger partial charge in [-0.1, -0.05) is 25.4 Å². The fourth-order valence-electron chi connectivity index (χ4n) is 1.79. The summed E-state index contributed by atoms with van der Waals surface area (Å²) in [5.41, 5.74) is -0.280. The molecular weight excluding hydrogens is 231 g/mol. The maximum atomic E-state index is 12.8. The quantitative estimate of drug-likeness (QED) is 0.867. The molecule has 16 heavy (non-hydrogen) atoms. The average Bonchev–Trinajstić information content (AvgIpc) is 2.21. The van der Waals surface area contributed by atoms with Gasteiger partial charge in [0.2, 0.25) is 0 Å². The third kappa shape index (κ3) is 1.89. The van der Waals surface area contributed by atoms with Crippen LogP contribution in [0, 0.1) is 11.2 Å². The molecule has 4 heteroatoms. The van der Waals surface area contributed by atoms with Crippen molar-refractivity contribution in [3.63, 3.8) is 0 Å². The molecule has 1 N–H and O–H groups in total. The first-order valence-electron chi connectivity index (χ1n) is 5.21. The molecule has 2 unspecified atom stereocenters. The normalized spacial score (nSPS) is 27.3. The molecule has 2 atom stereocenters. The Morgan fingerprint density at radius 1 is 1.50 bits per heavy atom. The van der Waals surface area contributed by atoms with Crippen molar-refractivity contribution in [3.8, 4) is 5.75 Å². The minimum atomic E-state index is -0.384. The van der Waals surface area contributed by atoms with Crippen LogP contribution in [0.5, 0.6) is 5.75 Å². The van der Waals surface area contributed by atoms with E-state index in [2.05, 4.69) is 0 Å². The summed E-state index contributed by atoms with van der Waals surface area (Å²) in [6, 6.07) is 4.04. The SMILES string of the molecule is CC1(C)C(O)CC1Oc1ccc(F)cc1Cl. The van der Waals surface area contributed by atoms with Crippen molar-refractivity contribution in [2.24, 2.45) is 5.41 Å². The van der Waals surface area contributed by atoms with Crippen LogP contribution in [-0.2, 0) is 0 Å². The largest absolute Gasteiger partial charge is 0.488 e. The van der Waals surface area contributed by atoms with Crippen LogP contribution >= 0.6 is 11.6 Å². The molecular formula is C12H14ClFO2. The molecule has 1 aromatic carbocycles. The lowest BCUT2D eigenvalue weighted by atomic mass is 9.66. The molecule has 1 aromatic rings. The monoisotopic (exact) mass is 244 g/mol. The topological polar surface area (TPSA) is 29.5 Å². The Labute approximate surface area is 99.0 Å². The number of halogens is 2. The van der Waals surface area contributed by atoms with Gasteiger partial charge in [-0.15, -0.1) is 0 Å². The number of hydrogen-bond donors (Lipinski definition) is 1. The first kappa shape index (κ1) is 11.7. The van der Waals surface area contributed by atoms with Crippen LogP contribution < -0.4 is 4.74 Å². The second kappa shape index (κ2) is 3.90. The highest BCUT2D eigenvalue weighted by atomic mass is 35.5. The molecule has 0 aliphatic heterocycles. The van der Waals surface area contributed by atoms with Gasteiger partial charge in [0.1, 0.15) is 17.7 Å². The minimum Gasteiger partial charge on any atom is -0.488 e. The number of benzene rings is 1. The Bertz CT molecular complexity index is 406. The maximum absolute atomic E-state index is 12.8. The molecule has 88 valence electrons. The summed E-state index contributed by atoms with van der Waals surface area (Å²) in [7, 11) is 0. The Morgan fingerprint density at radius 3 is 2.69 bits per heavy atom. The number of rotatable bonds is 2. The van der Waals surface area contributed by atoms with E-state index in [0.717, 1.165) is 0 Å². The smallest absolute Gasteiger partial charge is 0.138 e. The molecule has 0 aromatic heterocycles. The van der Waals surface area contributed by atoms with E-state index in [0.29, 0.717) is 12.2 Å². The van der Waals surface area contributed by atoms with Gasteiger partial charge in [-0.2, -0.15) is 0 Å². The van der Waals surface area contributed by atoms with E-state index in [-0.39, 0.29) is 28.5 Å². The maximum Gasteiger partial charge on any atom is 0.138 e. The molecule has 1 fully saturated rings. The van der Waals surface area contributed by atoms with E-state index in [4.69, 9.17) is 16.3 Å². The summed E-state index contributed by atoms with van der Waals surface area (Å²) in [4.78, 5) is 0. The van der Waals surface area contributed by atoms with Crippen molar-refractivity contribution in [3.05, 3.63) is 29.0 Å². The molecule has 2 rings (SSSR count). The zero-order valence-corrected chi connectivity index (χ0v) is 9.96. The van der Waals surface area contributed by atoms with Crippen LogP contribution in [0.4, 0.5) is 4.39 Å². The van der Waals surface area contributed by atoms with Gasteiger partial charge in [-0.25, -0.2) is 4.39 Å². The van der Waals surface area contributed by atoms with Crippen LogP contribution in [0.25, 0.3) is 0 Å². The molecule has 1 aliphatic carbocycles. The molecule has 1 aliphatic rings. The number of ether oxygens (including phenoxy) is 1. The van der Waals surface area contributed by atoms with Gasteiger partial charge in [-0.05, 0) is 18.2 Å². The summed E-state index contributed by atoms with van der Waals surface area (Å²) in [6.45, 7) is 3.87. The van der Waals surface area contributed by atoms with Gasteiger partial charge < -0.3 is 9.84 Å². The van der Waals surface area contributed by atoms with E-state index in [1.165, 1.54) is 18.2 Å². The van der Waals surface area contributed by atoms with E-state index in [1.807, 2.05) is 13.8 Å². The van der Waals surface area contributed by atoms with Crippen LogP contribution in [-0.4, -0.2) is 17.3 Å². The third-order valence-electron chi connectivity index (χ3n) is 3.29. The van der Waals surface area contributed by atoms with Crippen molar-refractivity contribution in [2.45, 2.75) is 32.5 Å². The molecule has 2 nitrogen and oxygen atoms in total. The zero-order valence-electron chi connectivity index (χ0n) is 9.21. The first-order chi connectivity index (χ1) is 7.41. The Hall–Kier alpha value is -0.800. The Morgan fingerprint density at radius 2 is 2.19 bits per heavy atom. The highest BCUT2D eigenvalue weighted by Crippen LogP contribution is 2.43. The van der Waals surface area contributed by atoms with Gasteiger partial charge in [0.25, 0.3) is 0 Å². The third-order valence-corrected chi connectivity index (χ3v) is 3.58. The van der Waals surface area contributed by atoms with Gasteiger partial charge >= 0.3 is 0 Å². The molecule has 0 amide bonds. The molecule has 1 saturated carbocycles. The van der Waals surface area contributed by atoms with Crippen LogP contribution in [0.15, 0.2) is 18.2 Å². The summed E-state index contributed by atoms with van der Waals surface area (Å²) in [5.74, 6) is 0.0818. The van der Waals surface area contributed by atoms with Gasteiger partial charge in [0, 0.05) is 11.8 Å². The van der Waals surface area contributed by atoms with Crippen molar-refractivity contribution in [2.75, 3.05) is 0 Å². The van der Waals surface area contributed by atoms with Crippen LogP contribution in [0.3, 0.4) is 0 Å². The van der Waals surface area contributed by atoms with Crippen LogP contribution in [0.2, 0.25) is 5.02 Å². The second-order valence-electron chi connectivity index (χ2n) is 4.75. The fourth-order valence-corrected chi connectivity index (χ4v) is 2.00. The highest BCUT2D eigenvalue weighted by Gasteiger charge is 2.49. The van der Waals surface area contributed by atoms with Gasteiger partial charge in [-0.3, -0.25) is 0 Å². The van der Waals surface area contributed by atoms with Gasteiger partial charge in [0.05, 0.1) is 11.1 Å². The highest BCUT2D eigenvalue weighted by molar-refractivity contribution is 6.32. The lowest BCUT2D eigenvalue weighted by Crippen LogP contribution is -2.56. The van der Waals surface area contributed by atoms with E-state index in [9.17, 15) is 9.50 Å². The number of aliphatic hydroxyl groups is 1. The van der Waals surface area contributed by atoms with Crippen molar-refractivity contribution in [1.82, 2.24) is 0 Å². The summed E-state index contributed by atoms with van der Waals surface area (Å²) in [6.07, 6.45) is 0.156. The predicted octanol–water partition coefficient (Wildman–Crippen LogP) is 3.02. The van der Waals surface area contributed by atoms with Crippen molar-refractivity contribution in [1.29, 1.82) is 0 Å². The lowest BCUT2D eigenvalue weighted by Gasteiger charge is -2.48. The van der Waals surface area contributed by atoms with E-state index < -0.39 is 0 Å². The molecule has 0 bridgehead atoms. The van der Waals surface area contributed by atoms with Gasteiger partial charge in [0.15, 0.2) is 0 Å².